The number of aromatic nitrogens is 1. The number of halogens is 1. The Kier molecular flexibility index (Phi) is 4.81. The van der Waals surface area contributed by atoms with E-state index in [4.69, 9.17) is 0 Å². The minimum atomic E-state index is -0.326. The molecule has 2 aromatic rings. The third-order valence-electron chi connectivity index (χ3n) is 5.19. The Morgan fingerprint density at radius 2 is 2.04 bits per heavy atom. The molecule has 23 heavy (non-hydrogen) atoms. The van der Waals surface area contributed by atoms with Crippen LogP contribution in [0.25, 0.3) is 10.9 Å². The predicted molar refractivity (Wildman–Crippen MR) is 92.1 cm³/mol. The zero-order valence-electron chi connectivity index (χ0n) is 13.9. The maximum atomic E-state index is 13.3. The van der Waals surface area contributed by atoms with Gasteiger partial charge >= 0.3 is 0 Å². The number of pyridine rings is 1. The molecular weight excluding hydrogens is 291 g/mol. The Morgan fingerprint density at radius 1 is 1.30 bits per heavy atom. The minimum absolute atomic E-state index is 0.102. The lowest BCUT2D eigenvalue weighted by Crippen LogP contribution is -2.40. The Hall–Kier alpha value is -1.68. The van der Waals surface area contributed by atoms with E-state index in [9.17, 15) is 9.18 Å². The summed E-state index contributed by atoms with van der Waals surface area (Å²) in [6.07, 6.45) is 6.09. The summed E-state index contributed by atoms with van der Waals surface area (Å²) in [5.41, 5.74) is 1.24. The number of benzene rings is 1. The zero-order valence-corrected chi connectivity index (χ0v) is 13.9. The molecule has 1 saturated carbocycles. The normalized spacial score (nSPS) is 17.2. The molecule has 0 aliphatic heterocycles. The molecule has 0 saturated heterocycles. The van der Waals surface area contributed by atoms with Crippen molar-refractivity contribution < 1.29 is 4.39 Å². The van der Waals surface area contributed by atoms with Gasteiger partial charge in [-0.05, 0) is 55.8 Å². The zero-order chi connectivity index (χ0) is 16.4. The predicted octanol–water partition coefficient (Wildman–Crippen LogP) is 4.21. The minimum Gasteiger partial charge on any atom is -0.322 e. The van der Waals surface area contributed by atoms with Crippen molar-refractivity contribution in [2.45, 2.75) is 64.6 Å². The molecule has 1 N–H and O–H groups in total. The van der Waals surface area contributed by atoms with Crippen LogP contribution in [0.3, 0.4) is 0 Å². The van der Waals surface area contributed by atoms with E-state index < -0.39 is 0 Å². The second-order valence-corrected chi connectivity index (χ2v) is 6.72. The number of aromatic amines is 1. The molecule has 4 heteroatoms. The fourth-order valence-corrected chi connectivity index (χ4v) is 3.65. The molecule has 0 spiro atoms. The van der Waals surface area contributed by atoms with Crippen LogP contribution >= 0.6 is 0 Å². The second kappa shape index (κ2) is 6.83. The van der Waals surface area contributed by atoms with Gasteiger partial charge in [0.1, 0.15) is 5.82 Å². The van der Waals surface area contributed by atoms with Gasteiger partial charge in [-0.2, -0.15) is 0 Å². The van der Waals surface area contributed by atoms with Crippen LogP contribution in [0.2, 0.25) is 0 Å². The Morgan fingerprint density at radius 3 is 2.74 bits per heavy atom. The quantitative estimate of drug-likeness (QED) is 0.897. The largest absolute Gasteiger partial charge is 0.322 e. The third kappa shape index (κ3) is 3.47. The average molecular weight is 316 g/mol. The summed E-state index contributed by atoms with van der Waals surface area (Å²) in [5.74, 6) is -0.326. The first-order valence-electron chi connectivity index (χ1n) is 8.65. The monoisotopic (exact) mass is 316 g/mol. The fourth-order valence-electron chi connectivity index (χ4n) is 3.65. The van der Waals surface area contributed by atoms with Crippen LogP contribution in [0.15, 0.2) is 29.1 Å². The lowest BCUT2D eigenvalue weighted by Gasteiger charge is -2.34. The van der Waals surface area contributed by atoms with E-state index in [1.165, 1.54) is 37.8 Å². The molecule has 3 nitrogen and oxygen atoms in total. The van der Waals surface area contributed by atoms with E-state index >= 15 is 0 Å². The maximum absolute atomic E-state index is 13.3. The number of nitrogens with one attached hydrogen (secondary N) is 1. The van der Waals surface area contributed by atoms with E-state index in [1.807, 2.05) is 6.07 Å². The van der Waals surface area contributed by atoms with Gasteiger partial charge in [0.15, 0.2) is 0 Å². The van der Waals surface area contributed by atoms with Gasteiger partial charge in [0.25, 0.3) is 5.56 Å². The molecule has 1 fully saturated rings. The first kappa shape index (κ1) is 16.2. The van der Waals surface area contributed by atoms with Gasteiger partial charge in [-0.15, -0.1) is 0 Å². The lowest BCUT2D eigenvalue weighted by molar-refractivity contribution is 0.132. The average Bonchev–Trinajstić information content (AvgIpc) is 3.06. The Labute approximate surface area is 136 Å². The Bertz CT molecular complexity index is 734. The molecule has 1 atom stereocenters. The van der Waals surface area contributed by atoms with Gasteiger partial charge in [-0.3, -0.25) is 9.69 Å². The molecule has 1 aliphatic carbocycles. The molecule has 1 aromatic heterocycles. The first-order valence-corrected chi connectivity index (χ1v) is 8.65. The summed E-state index contributed by atoms with van der Waals surface area (Å²) in [4.78, 5) is 17.7. The third-order valence-corrected chi connectivity index (χ3v) is 5.19. The van der Waals surface area contributed by atoms with Gasteiger partial charge in [-0.25, -0.2) is 4.39 Å². The molecule has 0 unspecified atom stereocenters. The molecule has 1 heterocycles. The highest BCUT2D eigenvalue weighted by molar-refractivity contribution is 5.78. The van der Waals surface area contributed by atoms with Crippen molar-refractivity contribution in [1.29, 1.82) is 0 Å². The smallest absolute Gasteiger partial charge is 0.252 e. The van der Waals surface area contributed by atoms with Gasteiger partial charge in [0.05, 0.1) is 5.52 Å². The van der Waals surface area contributed by atoms with Crippen molar-refractivity contribution in [3.05, 3.63) is 46.0 Å². The molecule has 124 valence electrons. The lowest BCUT2D eigenvalue weighted by atomic mass is 10.1. The van der Waals surface area contributed by atoms with E-state index in [0.29, 0.717) is 24.1 Å². The highest BCUT2D eigenvalue weighted by Gasteiger charge is 2.26. The van der Waals surface area contributed by atoms with Crippen molar-refractivity contribution in [2.24, 2.45) is 0 Å². The van der Waals surface area contributed by atoms with E-state index in [2.05, 4.69) is 23.7 Å². The second-order valence-electron chi connectivity index (χ2n) is 6.72. The summed E-state index contributed by atoms with van der Waals surface area (Å²) >= 11 is 0. The van der Waals surface area contributed by atoms with Crippen LogP contribution < -0.4 is 5.56 Å². The number of H-pyrrole nitrogens is 1. The van der Waals surface area contributed by atoms with Crippen LogP contribution in [0.4, 0.5) is 4.39 Å². The van der Waals surface area contributed by atoms with Crippen LogP contribution in [0, 0.1) is 5.82 Å². The van der Waals surface area contributed by atoms with Crippen molar-refractivity contribution in [3.63, 3.8) is 0 Å². The van der Waals surface area contributed by atoms with Crippen LogP contribution in [-0.4, -0.2) is 22.0 Å². The van der Waals surface area contributed by atoms with Gasteiger partial charge in [0.2, 0.25) is 0 Å². The standard InChI is InChI=1S/C19H25FN2O/c1-3-13(2)22(17-6-4-5-7-17)12-15-10-14-8-9-16(20)11-18(14)21-19(15)23/h8-11,13,17H,3-7,12H2,1-2H3,(H,21,23)/t13-/m1/s1. The number of hydrogen-bond acceptors (Lipinski definition) is 2. The highest BCUT2D eigenvalue weighted by atomic mass is 19.1. The summed E-state index contributed by atoms with van der Waals surface area (Å²) in [5, 5.41) is 0.886. The van der Waals surface area contributed by atoms with E-state index in [1.54, 1.807) is 6.07 Å². The Balaban J connectivity index is 1.92. The molecule has 0 radical (unpaired) electrons. The van der Waals surface area contributed by atoms with Gasteiger partial charge in [-0.1, -0.05) is 19.8 Å². The summed E-state index contributed by atoms with van der Waals surface area (Å²) in [6.45, 7) is 5.10. The fraction of sp³-hybridized carbons (Fsp3) is 0.526. The molecule has 0 bridgehead atoms. The molecule has 3 rings (SSSR count). The number of fused-ring (bicyclic) bond motifs is 1. The van der Waals surface area contributed by atoms with Crippen molar-refractivity contribution in [2.75, 3.05) is 0 Å². The maximum Gasteiger partial charge on any atom is 0.252 e. The summed E-state index contributed by atoms with van der Waals surface area (Å²) in [6, 6.07) is 7.50. The van der Waals surface area contributed by atoms with E-state index in [-0.39, 0.29) is 11.4 Å². The van der Waals surface area contributed by atoms with Crippen molar-refractivity contribution in [1.82, 2.24) is 9.88 Å². The van der Waals surface area contributed by atoms with Gasteiger partial charge in [0, 0.05) is 24.2 Å². The number of nitrogens with zero attached hydrogens (tertiary/aromatic N) is 1. The number of hydrogen-bond donors (Lipinski definition) is 1. The van der Waals surface area contributed by atoms with Crippen molar-refractivity contribution in [3.8, 4) is 0 Å². The molecule has 1 aromatic carbocycles. The van der Waals surface area contributed by atoms with Crippen LogP contribution in [0.1, 0.15) is 51.5 Å². The van der Waals surface area contributed by atoms with Crippen LogP contribution in [-0.2, 0) is 6.54 Å². The van der Waals surface area contributed by atoms with Crippen LogP contribution in [0.5, 0.6) is 0 Å². The SMILES string of the molecule is CC[C@@H](C)N(Cc1cc2ccc(F)cc2[nH]c1=O)C1CCCC1. The van der Waals surface area contributed by atoms with Gasteiger partial charge < -0.3 is 4.98 Å². The number of rotatable bonds is 5. The van der Waals surface area contributed by atoms with Crippen molar-refractivity contribution >= 4 is 10.9 Å². The summed E-state index contributed by atoms with van der Waals surface area (Å²) in [7, 11) is 0. The molecule has 0 amide bonds. The first-order chi connectivity index (χ1) is 11.1. The topological polar surface area (TPSA) is 36.1 Å². The summed E-state index contributed by atoms with van der Waals surface area (Å²) < 4.78 is 13.3. The highest BCUT2D eigenvalue weighted by Crippen LogP contribution is 2.27. The van der Waals surface area contributed by atoms with E-state index in [0.717, 1.165) is 17.4 Å². The molecule has 1 aliphatic rings. The molecular formula is C19H25FN2O.